The SMILES string of the molecule is CCc1nn(C)cc1-c1nc2c([nH]1)CC(C)CC2C. The summed E-state index contributed by atoms with van der Waals surface area (Å²) in [5.41, 5.74) is 4.86. The molecule has 0 aliphatic heterocycles. The lowest BCUT2D eigenvalue weighted by Gasteiger charge is -2.22. The van der Waals surface area contributed by atoms with Crippen molar-refractivity contribution in [2.45, 2.75) is 46.0 Å². The molecule has 0 aromatic carbocycles. The number of aryl methyl sites for hydroxylation is 2. The van der Waals surface area contributed by atoms with E-state index in [1.807, 2.05) is 11.7 Å². The Bertz CT molecular complexity index is 593. The van der Waals surface area contributed by atoms with Crippen molar-refractivity contribution in [2.75, 3.05) is 0 Å². The Hall–Kier alpha value is -1.58. The molecule has 102 valence electrons. The number of nitrogens with one attached hydrogen (secondary N) is 1. The molecule has 4 nitrogen and oxygen atoms in total. The van der Waals surface area contributed by atoms with E-state index in [9.17, 15) is 0 Å². The van der Waals surface area contributed by atoms with Gasteiger partial charge in [0, 0.05) is 24.9 Å². The first-order valence-electron chi connectivity index (χ1n) is 7.20. The van der Waals surface area contributed by atoms with Crippen LogP contribution >= 0.6 is 0 Å². The highest BCUT2D eigenvalue weighted by Gasteiger charge is 2.26. The average molecular weight is 258 g/mol. The zero-order valence-electron chi connectivity index (χ0n) is 12.2. The maximum Gasteiger partial charge on any atom is 0.141 e. The van der Waals surface area contributed by atoms with Crippen LogP contribution in [0.3, 0.4) is 0 Å². The molecule has 4 heteroatoms. The van der Waals surface area contributed by atoms with Crippen LogP contribution < -0.4 is 0 Å². The molecule has 0 bridgehead atoms. The second-order valence-electron chi connectivity index (χ2n) is 5.91. The smallest absolute Gasteiger partial charge is 0.141 e. The van der Waals surface area contributed by atoms with E-state index in [1.165, 1.54) is 17.8 Å². The van der Waals surface area contributed by atoms with E-state index in [4.69, 9.17) is 4.98 Å². The summed E-state index contributed by atoms with van der Waals surface area (Å²) in [5, 5.41) is 4.50. The Labute approximate surface area is 114 Å². The van der Waals surface area contributed by atoms with Crippen LogP contribution in [0.5, 0.6) is 0 Å². The van der Waals surface area contributed by atoms with Crippen molar-refractivity contribution in [1.29, 1.82) is 0 Å². The first-order chi connectivity index (χ1) is 9.08. The number of H-pyrrole nitrogens is 1. The molecule has 2 aromatic rings. The summed E-state index contributed by atoms with van der Waals surface area (Å²) in [6.07, 6.45) is 5.37. The number of imidazole rings is 1. The largest absolute Gasteiger partial charge is 0.341 e. The lowest BCUT2D eigenvalue weighted by atomic mass is 9.84. The minimum Gasteiger partial charge on any atom is -0.341 e. The van der Waals surface area contributed by atoms with E-state index in [0.717, 1.165) is 35.8 Å². The fourth-order valence-electron chi connectivity index (χ4n) is 3.25. The van der Waals surface area contributed by atoms with Crippen LogP contribution in [0.2, 0.25) is 0 Å². The van der Waals surface area contributed by atoms with Gasteiger partial charge in [0.25, 0.3) is 0 Å². The molecule has 1 aliphatic rings. The highest BCUT2D eigenvalue weighted by Crippen LogP contribution is 2.35. The van der Waals surface area contributed by atoms with Gasteiger partial charge in [0.2, 0.25) is 0 Å². The van der Waals surface area contributed by atoms with Crippen LogP contribution in [-0.2, 0) is 19.9 Å². The van der Waals surface area contributed by atoms with Gasteiger partial charge in [-0.15, -0.1) is 0 Å². The Morgan fingerprint density at radius 2 is 2.21 bits per heavy atom. The Balaban J connectivity index is 2.05. The third-order valence-corrected chi connectivity index (χ3v) is 4.08. The fourth-order valence-corrected chi connectivity index (χ4v) is 3.25. The lowest BCUT2D eigenvalue weighted by Crippen LogP contribution is -2.14. The Morgan fingerprint density at radius 1 is 1.42 bits per heavy atom. The molecule has 1 aliphatic carbocycles. The average Bonchev–Trinajstić information content (AvgIpc) is 2.91. The van der Waals surface area contributed by atoms with Gasteiger partial charge in [-0.25, -0.2) is 4.98 Å². The van der Waals surface area contributed by atoms with Gasteiger partial charge < -0.3 is 4.98 Å². The molecule has 3 rings (SSSR count). The predicted octanol–water partition coefficient (Wildman–Crippen LogP) is 3.06. The molecule has 19 heavy (non-hydrogen) atoms. The number of aromatic nitrogens is 4. The fraction of sp³-hybridized carbons (Fsp3) is 0.600. The second-order valence-corrected chi connectivity index (χ2v) is 5.91. The molecular formula is C15H22N4. The summed E-state index contributed by atoms with van der Waals surface area (Å²) in [6, 6.07) is 0. The molecule has 0 amide bonds. The predicted molar refractivity (Wildman–Crippen MR) is 76.1 cm³/mol. The number of hydrogen-bond acceptors (Lipinski definition) is 2. The zero-order valence-corrected chi connectivity index (χ0v) is 12.2. The number of rotatable bonds is 2. The molecule has 0 spiro atoms. The quantitative estimate of drug-likeness (QED) is 0.900. The molecule has 0 saturated carbocycles. The number of hydrogen-bond donors (Lipinski definition) is 1. The topological polar surface area (TPSA) is 46.5 Å². The maximum atomic E-state index is 4.85. The van der Waals surface area contributed by atoms with Gasteiger partial charge in [0.05, 0.1) is 17.0 Å². The van der Waals surface area contributed by atoms with E-state index in [2.05, 4.69) is 37.1 Å². The first-order valence-corrected chi connectivity index (χ1v) is 7.20. The molecule has 2 aromatic heterocycles. The van der Waals surface area contributed by atoms with Crippen LogP contribution in [0.1, 0.15) is 50.2 Å². The summed E-state index contributed by atoms with van der Waals surface area (Å²) in [7, 11) is 1.97. The lowest BCUT2D eigenvalue weighted by molar-refractivity contribution is 0.440. The van der Waals surface area contributed by atoms with Crippen LogP contribution in [0.4, 0.5) is 0 Å². The molecule has 1 N–H and O–H groups in total. The summed E-state index contributed by atoms with van der Waals surface area (Å²) < 4.78 is 1.88. The molecule has 2 heterocycles. The van der Waals surface area contributed by atoms with Crippen molar-refractivity contribution in [3.05, 3.63) is 23.3 Å². The van der Waals surface area contributed by atoms with Crippen LogP contribution in [0.15, 0.2) is 6.20 Å². The summed E-state index contributed by atoms with van der Waals surface area (Å²) >= 11 is 0. The van der Waals surface area contributed by atoms with Crippen LogP contribution in [0, 0.1) is 5.92 Å². The van der Waals surface area contributed by atoms with E-state index >= 15 is 0 Å². The van der Waals surface area contributed by atoms with Gasteiger partial charge >= 0.3 is 0 Å². The Morgan fingerprint density at radius 3 is 2.95 bits per heavy atom. The second kappa shape index (κ2) is 4.51. The summed E-state index contributed by atoms with van der Waals surface area (Å²) in [6.45, 7) is 6.74. The van der Waals surface area contributed by atoms with Gasteiger partial charge in [-0.2, -0.15) is 5.10 Å². The van der Waals surface area contributed by atoms with Gasteiger partial charge in [0.1, 0.15) is 5.82 Å². The van der Waals surface area contributed by atoms with Gasteiger partial charge in [-0.1, -0.05) is 20.8 Å². The maximum absolute atomic E-state index is 4.85. The van der Waals surface area contributed by atoms with E-state index in [0.29, 0.717) is 5.92 Å². The van der Waals surface area contributed by atoms with Gasteiger partial charge in [-0.3, -0.25) is 4.68 Å². The van der Waals surface area contributed by atoms with Crippen molar-refractivity contribution in [2.24, 2.45) is 13.0 Å². The summed E-state index contributed by atoms with van der Waals surface area (Å²) in [5.74, 6) is 2.30. The molecule has 2 unspecified atom stereocenters. The molecule has 0 saturated heterocycles. The number of aromatic amines is 1. The van der Waals surface area contributed by atoms with E-state index < -0.39 is 0 Å². The van der Waals surface area contributed by atoms with Crippen molar-refractivity contribution in [1.82, 2.24) is 19.7 Å². The third kappa shape index (κ3) is 2.09. The molecule has 2 atom stereocenters. The van der Waals surface area contributed by atoms with Crippen molar-refractivity contribution < 1.29 is 0 Å². The van der Waals surface area contributed by atoms with Gasteiger partial charge in [-0.05, 0) is 25.2 Å². The molecule has 0 radical (unpaired) electrons. The Kier molecular flexibility index (Phi) is 2.96. The van der Waals surface area contributed by atoms with Crippen molar-refractivity contribution in [3.8, 4) is 11.4 Å². The molecular weight excluding hydrogens is 236 g/mol. The molecule has 0 fully saturated rings. The van der Waals surface area contributed by atoms with Crippen molar-refractivity contribution in [3.63, 3.8) is 0 Å². The van der Waals surface area contributed by atoms with Crippen LogP contribution in [0.25, 0.3) is 11.4 Å². The van der Waals surface area contributed by atoms with E-state index in [1.54, 1.807) is 0 Å². The van der Waals surface area contributed by atoms with Crippen molar-refractivity contribution >= 4 is 0 Å². The third-order valence-electron chi connectivity index (χ3n) is 4.08. The highest BCUT2D eigenvalue weighted by molar-refractivity contribution is 5.58. The summed E-state index contributed by atoms with van der Waals surface area (Å²) in [4.78, 5) is 8.38. The normalized spacial score (nSPS) is 22.5. The van der Waals surface area contributed by atoms with Gasteiger partial charge in [0.15, 0.2) is 0 Å². The number of fused-ring (bicyclic) bond motifs is 1. The zero-order chi connectivity index (χ0) is 13.6. The van der Waals surface area contributed by atoms with E-state index in [-0.39, 0.29) is 0 Å². The standard InChI is InChI=1S/C15H22N4/c1-5-12-11(8-19(4)18-12)15-16-13-7-9(2)6-10(3)14(13)17-15/h8-10H,5-7H2,1-4H3,(H,16,17). The van der Waals surface area contributed by atoms with Crippen LogP contribution in [-0.4, -0.2) is 19.7 Å². The number of nitrogens with zero attached hydrogens (tertiary/aromatic N) is 3. The minimum atomic E-state index is 0.561. The monoisotopic (exact) mass is 258 g/mol. The first kappa shape index (κ1) is 12.5. The highest BCUT2D eigenvalue weighted by atomic mass is 15.3. The minimum absolute atomic E-state index is 0.561.